The van der Waals surface area contributed by atoms with Crippen molar-refractivity contribution in [3.8, 4) is 0 Å². The Morgan fingerprint density at radius 2 is 2.47 bits per heavy atom. The fourth-order valence-corrected chi connectivity index (χ4v) is 3.58. The molecule has 15 heavy (non-hydrogen) atoms. The molecule has 0 bridgehead atoms. The van der Waals surface area contributed by atoms with Crippen molar-refractivity contribution < 1.29 is 4.42 Å². The maximum absolute atomic E-state index is 5.95. The monoisotopic (exact) mass is 309 g/mol. The maximum Gasteiger partial charge on any atom is 0.169 e. The third-order valence-corrected chi connectivity index (χ3v) is 4.39. The Kier molecular flexibility index (Phi) is 4.43. The summed E-state index contributed by atoms with van der Waals surface area (Å²) in [6.07, 6.45) is 0. The lowest BCUT2D eigenvalue weighted by molar-refractivity contribution is 0.207. The van der Waals surface area contributed by atoms with Crippen molar-refractivity contribution in [3.05, 3.63) is 22.6 Å². The van der Waals surface area contributed by atoms with Crippen molar-refractivity contribution in [2.24, 2.45) is 0 Å². The van der Waals surface area contributed by atoms with Gasteiger partial charge in [0, 0.05) is 30.0 Å². The fourth-order valence-electron chi connectivity index (χ4n) is 1.68. The van der Waals surface area contributed by atoms with Crippen LogP contribution in [0.25, 0.3) is 0 Å². The number of halogens is 2. The lowest BCUT2D eigenvalue weighted by Gasteiger charge is -2.33. The molecular weight excluding hydrogens is 298 g/mol. The first-order valence-corrected chi connectivity index (χ1v) is 7.40. The van der Waals surface area contributed by atoms with Gasteiger partial charge in [-0.15, -0.1) is 11.6 Å². The quantitative estimate of drug-likeness (QED) is 0.798. The molecule has 2 heterocycles. The lowest BCUT2D eigenvalue weighted by atomic mass is 10.3. The van der Waals surface area contributed by atoms with Crippen molar-refractivity contribution in [1.29, 1.82) is 0 Å². The van der Waals surface area contributed by atoms with Crippen molar-refractivity contribution in [1.82, 2.24) is 4.90 Å². The second-order valence-electron chi connectivity index (χ2n) is 3.56. The van der Waals surface area contributed by atoms with Gasteiger partial charge < -0.3 is 4.42 Å². The molecule has 1 aliphatic rings. The van der Waals surface area contributed by atoms with Crippen LogP contribution in [0.3, 0.4) is 0 Å². The number of furan rings is 1. The average Bonchev–Trinajstić information content (AvgIpc) is 2.65. The van der Waals surface area contributed by atoms with Gasteiger partial charge in [0.1, 0.15) is 5.76 Å². The topological polar surface area (TPSA) is 16.4 Å². The van der Waals surface area contributed by atoms with Crippen LogP contribution in [0.1, 0.15) is 5.76 Å². The normalized spacial score (nSPS) is 23.2. The van der Waals surface area contributed by atoms with Crippen LogP contribution >= 0.6 is 39.3 Å². The van der Waals surface area contributed by atoms with Crippen LogP contribution in [0.15, 0.2) is 21.2 Å². The highest BCUT2D eigenvalue weighted by Crippen LogP contribution is 2.22. The Balaban J connectivity index is 1.97. The third kappa shape index (κ3) is 3.16. The summed E-state index contributed by atoms with van der Waals surface area (Å²) in [5.74, 6) is 4.03. The standard InChI is InChI=1S/C10H13BrClNOS/c11-10-2-1-9(14-10)6-13-3-4-15-7-8(13)5-12/h1-2,8H,3-7H2. The van der Waals surface area contributed by atoms with Crippen molar-refractivity contribution in [2.75, 3.05) is 23.9 Å². The molecule has 0 aromatic carbocycles. The summed E-state index contributed by atoms with van der Waals surface area (Å²) >= 11 is 11.2. The summed E-state index contributed by atoms with van der Waals surface area (Å²) < 4.78 is 6.30. The number of rotatable bonds is 3. The van der Waals surface area contributed by atoms with Crippen LogP contribution in [0.2, 0.25) is 0 Å². The van der Waals surface area contributed by atoms with E-state index in [0.29, 0.717) is 11.9 Å². The summed E-state index contributed by atoms with van der Waals surface area (Å²) in [5.41, 5.74) is 0. The molecule has 0 spiro atoms. The molecule has 1 fully saturated rings. The van der Waals surface area contributed by atoms with Gasteiger partial charge in [0.2, 0.25) is 0 Å². The van der Waals surface area contributed by atoms with Gasteiger partial charge in [-0.05, 0) is 28.1 Å². The van der Waals surface area contributed by atoms with E-state index in [0.717, 1.165) is 29.3 Å². The molecule has 1 aliphatic heterocycles. The molecule has 1 atom stereocenters. The van der Waals surface area contributed by atoms with Gasteiger partial charge in [0.25, 0.3) is 0 Å². The van der Waals surface area contributed by atoms with E-state index in [1.807, 2.05) is 23.9 Å². The van der Waals surface area contributed by atoms with Gasteiger partial charge >= 0.3 is 0 Å². The van der Waals surface area contributed by atoms with E-state index in [-0.39, 0.29) is 0 Å². The van der Waals surface area contributed by atoms with Gasteiger partial charge in [0.05, 0.1) is 6.54 Å². The lowest BCUT2D eigenvalue weighted by Crippen LogP contribution is -2.42. The van der Waals surface area contributed by atoms with Crippen LogP contribution in [0.4, 0.5) is 0 Å². The maximum atomic E-state index is 5.95. The summed E-state index contributed by atoms with van der Waals surface area (Å²) in [5, 5.41) is 0. The van der Waals surface area contributed by atoms with Crippen LogP contribution in [-0.4, -0.2) is 34.9 Å². The smallest absolute Gasteiger partial charge is 0.169 e. The molecule has 1 aromatic rings. The molecule has 1 aromatic heterocycles. The number of nitrogens with zero attached hydrogens (tertiary/aromatic N) is 1. The van der Waals surface area contributed by atoms with E-state index < -0.39 is 0 Å². The molecular formula is C10H13BrClNOS. The number of hydrogen-bond acceptors (Lipinski definition) is 3. The Morgan fingerprint density at radius 1 is 1.60 bits per heavy atom. The van der Waals surface area contributed by atoms with Gasteiger partial charge in [0.15, 0.2) is 4.67 Å². The number of thioether (sulfide) groups is 1. The Hall–Kier alpha value is 0.360. The molecule has 0 radical (unpaired) electrons. The second kappa shape index (κ2) is 5.62. The zero-order chi connectivity index (χ0) is 10.7. The predicted octanol–water partition coefficient (Wildman–Crippen LogP) is 3.20. The summed E-state index contributed by atoms with van der Waals surface area (Å²) in [4.78, 5) is 2.40. The fraction of sp³-hybridized carbons (Fsp3) is 0.600. The van der Waals surface area contributed by atoms with Crippen LogP contribution in [0, 0.1) is 0 Å². The Morgan fingerprint density at radius 3 is 3.13 bits per heavy atom. The minimum Gasteiger partial charge on any atom is -0.453 e. The van der Waals surface area contributed by atoms with Gasteiger partial charge in [-0.1, -0.05) is 0 Å². The van der Waals surface area contributed by atoms with Gasteiger partial charge in [-0.25, -0.2) is 0 Å². The van der Waals surface area contributed by atoms with E-state index in [1.165, 1.54) is 5.75 Å². The van der Waals surface area contributed by atoms with Crippen molar-refractivity contribution in [2.45, 2.75) is 12.6 Å². The zero-order valence-corrected chi connectivity index (χ0v) is 11.4. The van der Waals surface area contributed by atoms with E-state index in [1.54, 1.807) is 0 Å². The van der Waals surface area contributed by atoms with E-state index in [9.17, 15) is 0 Å². The molecule has 1 saturated heterocycles. The zero-order valence-electron chi connectivity index (χ0n) is 8.29. The molecule has 0 aliphatic carbocycles. The minimum absolute atomic E-state index is 0.481. The molecule has 2 rings (SSSR count). The van der Waals surface area contributed by atoms with Crippen LogP contribution < -0.4 is 0 Å². The van der Waals surface area contributed by atoms with Crippen LogP contribution in [-0.2, 0) is 6.54 Å². The van der Waals surface area contributed by atoms with Crippen molar-refractivity contribution in [3.63, 3.8) is 0 Å². The van der Waals surface area contributed by atoms with E-state index in [2.05, 4.69) is 20.8 Å². The first-order valence-electron chi connectivity index (χ1n) is 4.91. The molecule has 0 N–H and O–H groups in total. The molecule has 84 valence electrons. The first kappa shape index (κ1) is 11.8. The van der Waals surface area contributed by atoms with E-state index >= 15 is 0 Å². The van der Waals surface area contributed by atoms with Gasteiger partial charge in [-0.3, -0.25) is 4.90 Å². The number of hydrogen-bond donors (Lipinski definition) is 0. The predicted molar refractivity (Wildman–Crippen MR) is 68.7 cm³/mol. The Bertz CT molecular complexity index is 320. The summed E-state index contributed by atoms with van der Waals surface area (Å²) in [6.45, 7) is 1.96. The largest absolute Gasteiger partial charge is 0.453 e. The Labute approximate surface area is 107 Å². The minimum atomic E-state index is 0.481. The second-order valence-corrected chi connectivity index (χ2v) is 5.80. The van der Waals surface area contributed by atoms with E-state index in [4.69, 9.17) is 16.0 Å². The third-order valence-electron chi connectivity index (χ3n) is 2.52. The summed E-state index contributed by atoms with van der Waals surface area (Å²) in [6, 6.07) is 4.43. The van der Waals surface area contributed by atoms with Gasteiger partial charge in [-0.2, -0.15) is 11.8 Å². The number of alkyl halides is 1. The highest BCUT2D eigenvalue weighted by atomic mass is 79.9. The highest BCUT2D eigenvalue weighted by molar-refractivity contribution is 9.10. The molecule has 0 saturated carbocycles. The SMILES string of the molecule is ClCC1CSCCN1Cc1ccc(Br)o1. The first-order chi connectivity index (χ1) is 7.29. The molecule has 0 amide bonds. The molecule has 1 unspecified atom stereocenters. The molecule has 2 nitrogen and oxygen atoms in total. The highest BCUT2D eigenvalue weighted by Gasteiger charge is 2.22. The molecule has 5 heteroatoms. The van der Waals surface area contributed by atoms with Crippen molar-refractivity contribution >= 4 is 39.3 Å². The average molecular weight is 311 g/mol. The van der Waals surface area contributed by atoms with Crippen LogP contribution in [0.5, 0.6) is 0 Å². The summed E-state index contributed by atoms with van der Waals surface area (Å²) in [7, 11) is 0.